The molecule has 2 N–H and O–H groups in total. The predicted octanol–water partition coefficient (Wildman–Crippen LogP) is 2.31. The fourth-order valence-electron chi connectivity index (χ4n) is 1.42. The SMILES string of the molecule is COCCn1c(O)c(N=Nc2cc(Cl)on2)c(=O)[nH]c1=S. The molecule has 11 heteroatoms. The minimum Gasteiger partial charge on any atom is -0.493 e. The molecule has 2 heterocycles. The molecule has 9 nitrogen and oxygen atoms in total. The van der Waals surface area contributed by atoms with E-state index in [0.29, 0.717) is 6.61 Å². The molecule has 0 aromatic carbocycles. The third-order valence-electron chi connectivity index (χ3n) is 2.39. The van der Waals surface area contributed by atoms with Crippen LogP contribution in [-0.4, -0.2) is 33.5 Å². The van der Waals surface area contributed by atoms with Gasteiger partial charge in [0.05, 0.1) is 13.2 Å². The summed E-state index contributed by atoms with van der Waals surface area (Å²) in [5.41, 5.74) is -0.983. The lowest BCUT2D eigenvalue weighted by Gasteiger charge is -2.09. The van der Waals surface area contributed by atoms with E-state index in [1.54, 1.807) is 0 Å². The molecule has 0 atom stereocenters. The molecule has 0 radical (unpaired) electrons. The summed E-state index contributed by atoms with van der Waals surface area (Å²) in [7, 11) is 1.50. The van der Waals surface area contributed by atoms with Gasteiger partial charge >= 0.3 is 0 Å². The zero-order valence-electron chi connectivity index (χ0n) is 10.7. The van der Waals surface area contributed by atoms with E-state index >= 15 is 0 Å². The fourth-order valence-corrected chi connectivity index (χ4v) is 1.82. The van der Waals surface area contributed by atoms with Crippen LogP contribution in [0.4, 0.5) is 11.5 Å². The summed E-state index contributed by atoms with van der Waals surface area (Å²) in [5, 5.41) is 20.8. The first-order valence-electron chi connectivity index (χ1n) is 5.62. The van der Waals surface area contributed by atoms with Crippen LogP contribution in [-0.2, 0) is 11.3 Å². The molecule has 21 heavy (non-hydrogen) atoms. The molecule has 0 aliphatic heterocycles. The molecule has 0 fully saturated rings. The van der Waals surface area contributed by atoms with Gasteiger partial charge in [-0.2, -0.15) is 0 Å². The van der Waals surface area contributed by atoms with Crippen LogP contribution < -0.4 is 5.56 Å². The highest BCUT2D eigenvalue weighted by atomic mass is 35.5. The number of azo groups is 1. The largest absolute Gasteiger partial charge is 0.493 e. The topological polar surface area (TPSA) is 118 Å². The minimum absolute atomic E-state index is 0.0261. The van der Waals surface area contributed by atoms with Crippen molar-refractivity contribution in [2.45, 2.75) is 6.54 Å². The van der Waals surface area contributed by atoms with Gasteiger partial charge in [0.25, 0.3) is 5.56 Å². The highest BCUT2D eigenvalue weighted by molar-refractivity contribution is 7.71. The number of nitrogens with one attached hydrogen (secondary N) is 1. The highest BCUT2D eigenvalue weighted by Gasteiger charge is 2.12. The van der Waals surface area contributed by atoms with Gasteiger partial charge in [0.1, 0.15) is 0 Å². The molecule has 0 saturated heterocycles. The minimum atomic E-state index is -0.676. The molecule has 2 rings (SSSR count). The lowest BCUT2D eigenvalue weighted by Crippen LogP contribution is -2.15. The van der Waals surface area contributed by atoms with Crippen molar-refractivity contribution < 1.29 is 14.4 Å². The fraction of sp³-hybridized carbons (Fsp3) is 0.300. The maximum atomic E-state index is 11.8. The number of aromatic nitrogens is 3. The Kier molecular flexibility index (Phi) is 4.83. The second-order valence-corrected chi connectivity index (χ2v) is 4.52. The van der Waals surface area contributed by atoms with Gasteiger partial charge in [-0.1, -0.05) is 5.16 Å². The van der Waals surface area contributed by atoms with Crippen molar-refractivity contribution in [2.75, 3.05) is 13.7 Å². The van der Waals surface area contributed by atoms with E-state index in [2.05, 4.69) is 24.9 Å². The monoisotopic (exact) mass is 331 g/mol. The smallest absolute Gasteiger partial charge is 0.283 e. The third kappa shape index (κ3) is 3.54. The highest BCUT2D eigenvalue weighted by Crippen LogP contribution is 2.24. The van der Waals surface area contributed by atoms with Crippen LogP contribution in [0.15, 0.2) is 25.6 Å². The van der Waals surface area contributed by atoms with Crippen molar-refractivity contribution >= 4 is 35.3 Å². The summed E-state index contributed by atoms with van der Waals surface area (Å²) in [4.78, 5) is 14.1. The Bertz CT molecular complexity index is 780. The van der Waals surface area contributed by atoms with Crippen molar-refractivity contribution in [3.05, 3.63) is 26.4 Å². The summed E-state index contributed by atoms with van der Waals surface area (Å²) < 4.78 is 10.8. The van der Waals surface area contributed by atoms with Crippen LogP contribution >= 0.6 is 23.8 Å². The Hall–Kier alpha value is -2.04. The molecule has 2 aromatic heterocycles. The third-order valence-corrected chi connectivity index (χ3v) is 2.89. The summed E-state index contributed by atoms with van der Waals surface area (Å²) in [6, 6.07) is 1.30. The number of H-pyrrole nitrogens is 1. The van der Waals surface area contributed by atoms with E-state index in [1.807, 2.05) is 0 Å². The number of nitrogens with zero attached hydrogens (tertiary/aromatic N) is 4. The molecular weight excluding hydrogens is 322 g/mol. The lowest BCUT2D eigenvalue weighted by molar-refractivity contribution is 0.182. The molecular formula is C10H10ClN5O4S. The zero-order chi connectivity index (χ0) is 15.4. The Labute approximate surface area is 127 Å². The number of methoxy groups -OCH3 is 1. The van der Waals surface area contributed by atoms with Crippen LogP contribution in [0.3, 0.4) is 0 Å². The van der Waals surface area contributed by atoms with E-state index in [0.717, 1.165) is 0 Å². The predicted molar refractivity (Wildman–Crippen MR) is 75.1 cm³/mol. The average molecular weight is 332 g/mol. The first-order chi connectivity index (χ1) is 10.0. The summed E-state index contributed by atoms with van der Waals surface area (Å²) in [6.07, 6.45) is 0. The van der Waals surface area contributed by atoms with Crippen LogP contribution in [0.2, 0.25) is 5.22 Å². The van der Waals surface area contributed by atoms with E-state index in [9.17, 15) is 9.90 Å². The quantitative estimate of drug-likeness (QED) is 0.641. The second-order valence-electron chi connectivity index (χ2n) is 3.77. The van der Waals surface area contributed by atoms with Gasteiger partial charge in [0.15, 0.2) is 4.77 Å². The molecule has 0 spiro atoms. The standard InChI is InChI=1S/C10H10ClN5O4S/c1-19-3-2-16-9(18)7(8(17)12-10(16)21)14-13-6-4-5(11)20-15-6/h4,18H,2-3H2,1H3,(H,12,17,21). The summed E-state index contributed by atoms with van der Waals surface area (Å²) in [6.45, 7) is 0.541. The molecule has 2 aromatic rings. The average Bonchev–Trinajstić information content (AvgIpc) is 2.84. The Balaban J connectivity index is 2.41. The molecule has 0 unspecified atom stereocenters. The van der Waals surface area contributed by atoms with Crippen molar-refractivity contribution in [1.29, 1.82) is 0 Å². The van der Waals surface area contributed by atoms with Crippen molar-refractivity contribution in [3.8, 4) is 5.88 Å². The molecule has 0 saturated carbocycles. The number of aromatic amines is 1. The van der Waals surface area contributed by atoms with Crippen LogP contribution in [0.5, 0.6) is 5.88 Å². The van der Waals surface area contributed by atoms with Crippen LogP contribution in [0.1, 0.15) is 0 Å². The molecule has 0 aliphatic rings. The van der Waals surface area contributed by atoms with Gasteiger partial charge in [-0.25, -0.2) is 0 Å². The van der Waals surface area contributed by atoms with Crippen molar-refractivity contribution in [1.82, 2.24) is 14.7 Å². The van der Waals surface area contributed by atoms with Crippen LogP contribution in [0.25, 0.3) is 0 Å². The number of hydrogen-bond acceptors (Lipinski definition) is 8. The van der Waals surface area contributed by atoms with Gasteiger partial charge in [-0.05, 0) is 23.8 Å². The Morgan fingerprint density at radius 2 is 2.38 bits per heavy atom. The van der Waals surface area contributed by atoms with Crippen molar-refractivity contribution in [3.63, 3.8) is 0 Å². The van der Waals surface area contributed by atoms with Crippen LogP contribution in [0, 0.1) is 4.77 Å². The lowest BCUT2D eigenvalue weighted by atomic mass is 10.5. The van der Waals surface area contributed by atoms with E-state index in [-0.39, 0.29) is 28.0 Å². The van der Waals surface area contributed by atoms with Crippen molar-refractivity contribution in [2.24, 2.45) is 10.2 Å². The normalized spacial score (nSPS) is 11.3. The number of ether oxygens (including phenoxy) is 1. The number of rotatable bonds is 5. The number of hydrogen-bond donors (Lipinski definition) is 2. The maximum absolute atomic E-state index is 11.8. The first-order valence-corrected chi connectivity index (χ1v) is 6.40. The zero-order valence-corrected chi connectivity index (χ0v) is 12.3. The first kappa shape index (κ1) is 15.4. The molecule has 0 amide bonds. The van der Waals surface area contributed by atoms with Gasteiger partial charge in [0, 0.05) is 13.2 Å². The molecule has 0 aliphatic carbocycles. The van der Waals surface area contributed by atoms with E-state index in [1.165, 1.54) is 17.7 Å². The Morgan fingerprint density at radius 1 is 1.62 bits per heavy atom. The summed E-state index contributed by atoms with van der Waals surface area (Å²) >= 11 is 10.5. The van der Waals surface area contributed by atoms with Gasteiger partial charge in [-0.15, -0.1) is 10.2 Å². The maximum Gasteiger partial charge on any atom is 0.283 e. The second kappa shape index (κ2) is 6.61. The number of aromatic hydroxyl groups is 1. The van der Waals surface area contributed by atoms with Gasteiger partial charge < -0.3 is 14.4 Å². The number of halogens is 1. The molecule has 112 valence electrons. The molecule has 0 bridgehead atoms. The Morgan fingerprint density at radius 3 is 3.00 bits per heavy atom. The van der Waals surface area contributed by atoms with E-state index in [4.69, 9.17) is 28.6 Å². The van der Waals surface area contributed by atoms with Gasteiger partial charge in [-0.3, -0.25) is 14.3 Å². The van der Waals surface area contributed by atoms with Gasteiger partial charge in [0.2, 0.25) is 22.6 Å². The van der Waals surface area contributed by atoms with E-state index < -0.39 is 11.4 Å². The summed E-state index contributed by atoms with van der Waals surface area (Å²) in [5.74, 6) is -0.358.